The second kappa shape index (κ2) is 9.53. The van der Waals surface area contributed by atoms with Crippen LogP contribution in [0.1, 0.15) is 30.1 Å². The molecule has 1 aliphatic heterocycles. The van der Waals surface area contributed by atoms with Crippen LogP contribution in [0.25, 0.3) is 16.9 Å². The minimum absolute atomic E-state index is 0.317. The van der Waals surface area contributed by atoms with Crippen molar-refractivity contribution in [1.82, 2.24) is 24.6 Å². The number of alkyl halides is 3. The van der Waals surface area contributed by atoms with E-state index in [0.29, 0.717) is 29.4 Å². The number of likely N-dealkylation sites (tertiary alicyclic amines) is 1. The quantitative estimate of drug-likeness (QED) is 0.357. The molecule has 0 bridgehead atoms. The van der Waals surface area contributed by atoms with Crippen molar-refractivity contribution < 1.29 is 22.3 Å². The van der Waals surface area contributed by atoms with Gasteiger partial charge < -0.3 is 9.72 Å². The lowest BCUT2D eigenvalue weighted by molar-refractivity contribution is -0.274. The van der Waals surface area contributed by atoms with Crippen LogP contribution in [-0.4, -0.2) is 44.1 Å². The molecule has 35 heavy (non-hydrogen) atoms. The van der Waals surface area contributed by atoms with E-state index in [4.69, 9.17) is 0 Å². The van der Waals surface area contributed by atoms with Crippen molar-refractivity contribution in [3.8, 4) is 22.7 Å². The number of aromatic nitrogens is 4. The van der Waals surface area contributed by atoms with Crippen LogP contribution in [0.5, 0.6) is 5.75 Å². The van der Waals surface area contributed by atoms with Gasteiger partial charge >= 0.3 is 6.36 Å². The standard InChI is InChI=1S/C25H23F4N5O/c26-22-4-2-1-3-21(22)23-18(15-33-13-9-17(10-14-33)24-30-11-12-31-24)16-34(32-23)19-5-7-20(8-6-19)35-25(27,28)29/h1-8,11-12,16-17H,9-10,13-15H2,(H,30,31). The van der Waals surface area contributed by atoms with Crippen molar-refractivity contribution in [3.63, 3.8) is 0 Å². The monoisotopic (exact) mass is 485 g/mol. The molecule has 0 spiro atoms. The zero-order chi connectivity index (χ0) is 24.4. The number of ether oxygens (including phenoxy) is 1. The predicted molar refractivity (Wildman–Crippen MR) is 121 cm³/mol. The first-order valence-corrected chi connectivity index (χ1v) is 11.3. The maximum Gasteiger partial charge on any atom is 0.573 e. The molecule has 0 aliphatic carbocycles. The molecule has 5 rings (SSSR count). The molecular weight excluding hydrogens is 462 g/mol. The van der Waals surface area contributed by atoms with E-state index in [1.807, 2.05) is 6.20 Å². The molecule has 1 N–H and O–H groups in total. The van der Waals surface area contributed by atoms with Crippen LogP contribution < -0.4 is 4.74 Å². The number of H-pyrrole nitrogens is 1. The van der Waals surface area contributed by atoms with Crippen molar-refractivity contribution in [3.05, 3.63) is 84.3 Å². The average molecular weight is 485 g/mol. The highest BCUT2D eigenvalue weighted by Crippen LogP contribution is 2.31. The lowest BCUT2D eigenvalue weighted by Crippen LogP contribution is -2.32. The van der Waals surface area contributed by atoms with Gasteiger partial charge in [0.15, 0.2) is 0 Å². The number of aromatic amines is 1. The maximum atomic E-state index is 14.7. The summed E-state index contributed by atoms with van der Waals surface area (Å²) < 4.78 is 57.6. The van der Waals surface area contributed by atoms with Gasteiger partial charge in [-0.05, 0) is 62.3 Å². The summed E-state index contributed by atoms with van der Waals surface area (Å²) in [5.41, 5.74) is 2.26. The van der Waals surface area contributed by atoms with Gasteiger partial charge in [0.05, 0.1) is 5.69 Å². The van der Waals surface area contributed by atoms with Crippen LogP contribution in [0.2, 0.25) is 0 Å². The van der Waals surface area contributed by atoms with Crippen LogP contribution in [-0.2, 0) is 6.54 Å². The number of nitrogens with zero attached hydrogens (tertiary/aromatic N) is 4. The summed E-state index contributed by atoms with van der Waals surface area (Å²) in [4.78, 5) is 9.86. The molecule has 2 aromatic heterocycles. The third kappa shape index (κ3) is 5.37. The van der Waals surface area contributed by atoms with E-state index in [2.05, 4.69) is 24.7 Å². The van der Waals surface area contributed by atoms with E-state index < -0.39 is 6.36 Å². The first-order chi connectivity index (χ1) is 16.9. The van der Waals surface area contributed by atoms with Gasteiger partial charge in [-0.25, -0.2) is 14.1 Å². The van der Waals surface area contributed by atoms with E-state index in [9.17, 15) is 17.6 Å². The molecule has 0 saturated carbocycles. The largest absolute Gasteiger partial charge is 0.573 e. The lowest BCUT2D eigenvalue weighted by Gasteiger charge is -2.31. The number of halogens is 4. The van der Waals surface area contributed by atoms with Gasteiger partial charge in [0.2, 0.25) is 0 Å². The average Bonchev–Trinajstić information content (AvgIpc) is 3.50. The number of benzene rings is 2. The first kappa shape index (κ1) is 23.1. The third-order valence-corrected chi connectivity index (χ3v) is 6.14. The minimum atomic E-state index is -4.76. The Labute approximate surface area is 199 Å². The Hall–Kier alpha value is -3.66. The van der Waals surface area contributed by atoms with Gasteiger partial charge in [-0.3, -0.25) is 4.90 Å². The van der Waals surface area contributed by atoms with Gasteiger partial charge in [0, 0.05) is 42.2 Å². The fourth-order valence-corrected chi connectivity index (χ4v) is 4.44. The second-order valence-corrected chi connectivity index (χ2v) is 8.49. The molecule has 0 radical (unpaired) electrons. The number of nitrogens with one attached hydrogen (secondary N) is 1. The second-order valence-electron chi connectivity index (χ2n) is 8.49. The summed E-state index contributed by atoms with van der Waals surface area (Å²) in [7, 11) is 0. The van der Waals surface area contributed by atoms with Crippen LogP contribution in [0.15, 0.2) is 67.1 Å². The molecule has 6 nitrogen and oxygen atoms in total. The van der Waals surface area contributed by atoms with Crippen LogP contribution in [0, 0.1) is 5.82 Å². The topological polar surface area (TPSA) is 59.0 Å². The van der Waals surface area contributed by atoms with Crippen molar-refractivity contribution in [2.24, 2.45) is 0 Å². The van der Waals surface area contributed by atoms with Gasteiger partial charge in [-0.2, -0.15) is 5.10 Å². The third-order valence-electron chi connectivity index (χ3n) is 6.14. The van der Waals surface area contributed by atoms with Crippen LogP contribution in [0.4, 0.5) is 17.6 Å². The highest BCUT2D eigenvalue weighted by molar-refractivity contribution is 5.64. The van der Waals surface area contributed by atoms with E-state index >= 15 is 0 Å². The molecule has 3 heterocycles. The molecule has 2 aromatic carbocycles. The Balaban J connectivity index is 1.39. The molecule has 1 aliphatic rings. The number of hydrogen-bond donors (Lipinski definition) is 1. The molecule has 182 valence electrons. The summed E-state index contributed by atoms with van der Waals surface area (Å²) in [6.07, 6.45) is 2.55. The van der Waals surface area contributed by atoms with Gasteiger partial charge in [-0.15, -0.1) is 13.2 Å². The summed E-state index contributed by atoms with van der Waals surface area (Å²) in [6.45, 7) is 2.29. The molecule has 0 unspecified atom stereocenters. The van der Waals surface area contributed by atoms with E-state index in [1.54, 1.807) is 35.3 Å². The predicted octanol–water partition coefficient (Wildman–Crippen LogP) is 5.68. The SMILES string of the molecule is Fc1ccccc1-c1nn(-c2ccc(OC(F)(F)F)cc2)cc1CN1CCC(c2ncc[nH]2)CC1. The van der Waals surface area contributed by atoms with Crippen molar-refractivity contribution >= 4 is 0 Å². The highest BCUT2D eigenvalue weighted by atomic mass is 19.4. The molecule has 4 aromatic rings. The zero-order valence-corrected chi connectivity index (χ0v) is 18.7. The van der Waals surface area contributed by atoms with Crippen molar-refractivity contribution in [2.45, 2.75) is 31.7 Å². The molecule has 0 atom stereocenters. The van der Waals surface area contributed by atoms with E-state index in [-0.39, 0.29) is 11.6 Å². The number of piperidine rings is 1. The van der Waals surface area contributed by atoms with Crippen molar-refractivity contribution in [1.29, 1.82) is 0 Å². The summed E-state index contributed by atoms with van der Waals surface area (Å²) in [5.74, 6) is 0.682. The van der Waals surface area contributed by atoms with Crippen LogP contribution >= 0.6 is 0 Å². The van der Waals surface area contributed by atoms with Gasteiger partial charge in [0.1, 0.15) is 23.1 Å². The molecular formula is C25H23F4N5O. The van der Waals surface area contributed by atoms with E-state index in [0.717, 1.165) is 37.3 Å². The molecule has 10 heteroatoms. The Bertz CT molecular complexity index is 1260. The Kier molecular flexibility index (Phi) is 6.29. The Morgan fingerprint density at radius 3 is 2.43 bits per heavy atom. The summed E-state index contributed by atoms with van der Waals surface area (Å²) in [5, 5.41) is 4.61. The summed E-state index contributed by atoms with van der Waals surface area (Å²) >= 11 is 0. The molecule has 1 saturated heterocycles. The van der Waals surface area contributed by atoms with Crippen molar-refractivity contribution in [2.75, 3.05) is 13.1 Å². The fraction of sp³-hybridized carbons (Fsp3) is 0.280. The Morgan fingerprint density at radius 1 is 1.03 bits per heavy atom. The number of imidazole rings is 1. The molecule has 0 amide bonds. The lowest BCUT2D eigenvalue weighted by atomic mass is 9.95. The van der Waals surface area contributed by atoms with E-state index in [1.165, 1.54) is 30.3 Å². The Morgan fingerprint density at radius 2 is 1.77 bits per heavy atom. The maximum absolute atomic E-state index is 14.7. The molecule has 1 fully saturated rings. The smallest absolute Gasteiger partial charge is 0.406 e. The normalized spacial score (nSPS) is 15.4. The highest BCUT2D eigenvalue weighted by Gasteiger charge is 2.31. The first-order valence-electron chi connectivity index (χ1n) is 11.3. The number of rotatable bonds is 6. The van der Waals surface area contributed by atoms with Gasteiger partial charge in [-0.1, -0.05) is 12.1 Å². The zero-order valence-electron chi connectivity index (χ0n) is 18.7. The van der Waals surface area contributed by atoms with Crippen LogP contribution in [0.3, 0.4) is 0 Å². The minimum Gasteiger partial charge on any atom is -0.406 e. The van der Waals surface area contributed by atoms with Gasteiger partial charge in [0.25, 0.3) is 0 Å². The number of hydrogen-bond acceptors (Lipinski definition) is 4. The summed E-state index contributed by atoms with van der Waals surface area (Å²) in [6, 6.07) is 11.9. The fourth-order valence-electron chi connectivity index (χ4n) is 4.44.